The fourth-order valence-corrected chi connectivity index (χ4v) is 0.776. The lowest BCUT2D eigenvalue weighted by molar-refractivity contribution is 0.0445. The number of ether oxygens (including phenoxy) is 1. The van der Waals surface area contributed by atoms with Crippen LogP contribution in [0.2, 0.25) is 0 Å². The van der Waals surface area contributed by atoms with Gasteiger partial charge in [0.05, 0.1) is 6.61 Å². The normalized spacial score (nSPS) is 10.2. The molecular formula is C9H11N2O3. The molecule has 0 unspecified atom stereocenters. The molecule has 0 N–H and O–H groups in total. The van der Waals surface area contributed by atoms with Gasteiger partial charge in [0.25, 0.3) is 0 Å². The van der Waals surface area contributed by atoms with Crippen molar-refractivity contribution in [3.63, 3.8) is 0 Å². The second kappa shape index (κ2) is 4.55. The highest BCUT2D eigenvalue weighted by Gasteiger charge is 2.16. The van der Waals surface area contributed by atoms with Crippen LogP contribution in [0.4, 0.5) is 0 Å². The summed E-state index contributed by atoms with van der Waals surface area (Å²) in [6, 6.07) is 0. The predicted octanol–water partition coefficient (Wildman–Crippen LogP) is 1.43. The van der Waals surface area contributed by atoms with E-state index in [0.29, 0.717) is 0 Å². The van der Waals surface area contributed by atoms with Crippen LogP contribution in [0.15, 0.2) is 12.4 Å². The highest BCUT2D eigenvalue weighted by Crippen LogP contribution is 2.11. The summed E-state index contributed by atoms with van der Waals surface area (Å²) in [5, 5.41) is 11.0. The topological polar surface area (TPSA) is 72.0 Å². The first-order chi connectivity index (χ1) is 6.61. The number of carbonyl (C=O) groups is 1. The van der Waals surface area contributed by atoms with Crippen LogP contribution in [-0.2, 0) is 9.84 Å². The molecule has 0 saturated heterocycles. The summed E-state index contributed by atoms with van der Waals surface area (Å²) in [5.41, 5.74) is -0.256. The fraction of sp³-hybridized carbons (Fsp3) is 0.444. The van der Waals surface area contributed by atoms with Crippen molar-refractivity contribution in [3.8, 4) is 5.88 Å². The molecular weight excluding hydrogens is 184 g/mol. The molecule has 1 heterocycles. The summed E-state index contributed by atoms with van der Waals surface area (Å²) in [6.45, 7) is 4.08. The standard InChI is InChI=1S/C9H11N2O3/c1-6(2)5-14-9(13)7-8(12)11-4-3-10-7/h3-4,6H,5H2,1-2H3. The van der Waals surface area contributed by atoms with E-state index < -0.39 is 11.8 Å². The van der Waals surface area contributed by atoms with E-state index in [9.17, 15) is 9.90 Å². The Balaban J connectivity index is 2.65. The Bertz CT molecular complexity index is 326. The zero-order valence-electron chi connectivity index (χ0n) is 8.06. The molecule has 0 amide bonds. The van der Waals surface area contributed by atoms with Gasteiger partial charge in [-0.05, 0) is 5.92 Å². The molecule has 0 aliphatic heterocycles. The van der Waals surface area contributed by atoms with Crippen molar-refractivity contribution in [3.05, 3.63) is 18.1 Å². The minimum absolute atomic E-state index is 0.228. The van der Waals surface area contributed by atoms with Gasteiger partial charge in [-0.3, -0.25) is 5.11 Å². The molecule has 0 aliphatic rings. The second-order valence-corrected chi connectivity index (χ2v) is 3.20. The van der Waals surface area contributed by atoms with E-state index in [1.165, 1.54) is 12.4 Å². The predicted molar refractivity (Wildman–Crippen MR) is 47.3 cm³/mol. The van der Waals surface area contributed by atoms with Crippen molar-refractivity contribution in [2.45, 2.75) is 13.8 Å². The molecule has 1 aromatic rings. The SMILES string of the molecule is CC(C)COC(=O)c1nccnc1[O]. The van der Waals surface area contributed by atoms with Crippen LogP contribution >= 0.6 is 0 Å². The molecule has 0 aliphatic carbocycles. The molecule has 5 nitrogen and oxygen atoms in total. The van der Waals surface area contributed by atoms with E-state index in [-0.39, 0.29) is 18.2 Å². The van der Waals surface area contributed by atoms with Crippen LogP contribution in [0.1, 0.15) is 24.3 Å². The number of hydrogen-bond donors (Lipinski definition) is 0. The third-order valence-corrected chi connectivity index (χ3v) is 1.41. The molecule has 0 spiro atoms. The first kappa shape index (κ1) is 10.4. The number of carbonyl (C=O) groups excluding carboxylic acids is 1. The van der Waals surface area contributed by atoms with E-state index in [1.807, 2.05) is 13.8 Å². The maximum absolute atomic E-state index is 11.2. The van der Waals surface area contributed by atoms with Gasteiger partial charge in [-0.2, -0.15) is 0 Å². The monoisotopic (exact) mass is 195 g/mol. The fourth-order valence-electron chi connectivity index (χ4n) is 0.776. The maximum atomic E-state index is 11.2. The van der Waals surface area contributed by atoms with Crippen LogP contribution in [0, 0.1) is 5.92 Å². The van der Waals surface area contributed by atoms with Gasteiger partial charge in [-0.15, -0.1) is 0 Å². The van der Waals surface area contributed by atoms with Crippen LogP contribution in [0.25, 0.3) is 0 Å². The first-order valence-corrected chi connectivity index (χ1v) is 4.26. The Hall–Kier alpha value is -1.65. The minimum Gasteiger partial charge on any atom is -0.461 e. The molecule has 14 heavy (non-hydrogen) atoms. The lowest BCUT2D eigenvalue weighted by Gasteiger charge is -2.05. The Morgan fingerprint density at radius 2 is 2.07 bits per heavy atom. The van der Waals surface area contributed by atoms with Crippen LogP contribution in [-0.4, -0.2) is 22.5 Å². The summed E-state index contributed by atoms with van der Waals surface area (Å²) in [6.07, 6.45) is 2.52. The molecule has 75 valence electrons. The molecule has 0 bridgehead atoms. The summed E-state index contributed by atoms with van der Waals surface area (Å²) >= 11 is 0. The van der Waals surface area contributed by atoms with Gasteiger partial charge in [0.1, 0.15) is 0 Å². The Kier molecular flexibility index (Phi) is 3.39. The molecule has 0 saturated carbocycles. The molecule has 0 fully saturated rings. The van der Waals surface area contributed by atoms with Gasteiger partial charge < -0.3 is 4.74 Å². The number of hydrogen-bond acceptors (Lipinski definition) is 4. The highest BCUT2D eigenvalue weighted by atomic mass is 16.5. The minimum atomic E-state index is -0.711. The summed E-state index contributed by atoms with van der Waals surface area (Å²) in [7, 11) is 0. The average Bonchev–Trinajstić information content (AvgIpc) is 2.15. The van der Waals surface area contributed by atoms with Gasteiger partial charge in [-0.1, -0.05) is 13.8 Å². The van der Waals surface area contributed by atoms with Crippen molar-refractivity contribution in [2.24, 2.45) is 5.92 Å². The third-order valence-electron chi connectivity index (χ3n) is 1.41. The smallest absolute Gasteiger partial charge is 0.362 e. The summed E-state index contributed by atoms with van der Waals surface area (Å²) in [4.78, 5) is 18.3. The first-order valence-electron chi connectivity index (χ1n) is 4.26. The lowest BCUT2D eigenvalue weighted by atomic mass is 10.2. The average molecular weight is 195 g/mol. The van der Waals surface area contributed by atoms with E-state index >= 15 is 0 Å². The van der Waals surface area contributed by atoms with Crippen molar-refractivity contribution >= 4 is 5.97 Å². The quantitative estimate of drug-likeness (QED) is 0.684. The van der Waals surface area contributed by atoms with Crippen LogP contribution in [0.5, 0.6) is 5.88 Å². The van der Waals surface area contributed by atoms with E-state index in [4.69, 9.17) is 4.74 Å². The third kappa shape index (κ3) is 2.69. The van der Waals surface area contributed by atoms with E-state index in [1.54, 1.807) is 0 Å². The molecule has 1 radical (unpaired) electrons. The van der Waals surface area contributed by atoms with Crippen molar-refractivity contribution in [1.82, 2.24) is 9.97 Å². The largest absolute Gasteiger partial charge is 0.461 e. The zero-order valence-corrected chi connectivity index (χ0v) is 8.06. The Morgan fingerprint density at radius 1 is 1.43 bits per heavy atom. The second-order valence-electron chi connectivity index (χ2n) is 3.20. The summed E-state index contributed by atoms with van der Waals surface area (Å²) in [5.74, 6) is -1.14. The zero-order chi connectivity index (χ0) is 10.6. The number of rotatable bonds is 3. The highest BCUT2D eigenvalue weighted by molar-refractivity contribution is 5.89. The molecule has 1 aromatic heterocycles. The maximum Gasteiger partial charge on any atom is 0.362 e. The number of nitrogens with zero attached hydrogens (tertiary/aromatic N) is 2. The van der Waals surface area contributed by atoms with Crippen molar-refractivity contribution < 1.29 is 14.6 Å². The number of esters is 1. The molecule has 1 rings (SSSR count). The number of aromatic nitrogens is 2. The molecule has 0 aromatic carbocycles. The summed E-state index contributed by atoms with van der Waals surface area (Å²) < 4.78 is 4.83. The van der Waals surface area contributed by atoms with Crippen molar-refractivity contribution in [2.75, 3.05) is 6.61 Å². The molecule has 5 heteroatoms. The Labute approximate surface area is 81.8 Å². The van der Waals surface area contributed by atoms with E-state index in [2.05, 4.69) is 9.97 Å². The van der Waals surface area contributed by atoms with Crippen LogP contribution < -0.4 is 0 Å². The van der Waals surface area contributed by atoms with Gasteiger partial charge in [0.2, 0.25) is 5.69 Å². The molecule has 0 atom stereocenters. The van der Waals surface area contributed by atoms with Gasteiger partial charge >= 0.3 is 11.8 Å². The lowest BCUT2D eigenvalue weighted by Crippen LogP contribution is -2.11. The van der Waals surface area contributed by atoms with Crippen molar-refractivity contribution in [1.29, 1.82) is 0 Å². The Morgan fingerprint density at radius 3 is 2.64 bits per heavy atom. The van der Waals surface area contributed by atoms with Gasteiger partial charge in [-0.25, -0.2) is 14.8 Å². The van der Waals surface area contributed by atoms with Crippen LogP contribution in [0.3, 0.4) is 0 Å². The van der Waals surface area contributed by atoms with E-state index in [0.717, 1.165) is 0 Å². The van der Waals surface area contributed by atoms with Gasteiger partial charge in [0, 0.05) is 12.4 Å². The van der Waals surface area contributed by atoms with Gasteiger partial charge in [0.15, 0.2) is 0 Å².